The Labute approximate surface area is 168 Å². The zero-order valence-electron chi connectivity index (χ0n) is 15.8. The average molecular weight is 404 g/mol. The summed E-state index contributed by atoms with van der Waals surface area (Å²) in [5, 5.41) is 3.29. The summed E-state index contributed by atoms with van der Waals surface area (Å²) in [5.74, 6) is -0.243. The molecule has 1 aliphatic rings. The molecule has 2 amide bonds. The Bertz CT molecular complexity index is 866. The highest BCUT2D eigenvalue weighted by Crippen LogP contribution is 2.29. The van der Waals surface area contributed by atoms with E-state index in [1.165, 1.54) is 7.11 Å². The van der Waals surface area contributed by atoms with Crippen LogP contribution in [0.5, 0.6) is 11.5 Å². The van der Waals surface area contributed by atoms with Gasteiger partial charge < -0.3 is 24.6 Å². The first-order valence-electron chi connectivity index (χ1n) is 8.84. The normalized spacial score (nSPS) is 13.8. The molecule has 0 saturated carbocycles. The van der Waals surface area contributed by atoms with E-state index in [2.05, 4.69) is 10.2 Å². The molecule has 2 aromatic carbocycles. The fourth-order valence-corrected chi connectivity index (χ4v) is 3.25. The first kappa shape index (κ1) is 19.8. The van der Waals surface area contributed by atoms with Gasteiger partial charge in [0.1, 0.15) is 11.5 Å². The van der Waals surface area contributed by atoms with Gasteiger partial charge in [-0.15, -0.1) is 0 Å². The standard InChI is InChI=1S/C20H22ClN3O4/c1-27-16-6-7-17(18(13-16)28-2)22-19(25)20(26)24-10-8-23(9-11-24)15-5-3-4-14(21)12-15/h3-7,12-13H,8-11H2,1-2H3,(H,22,25). The Morgan fingerprint density at radius 1 is 1.00 bits per heavy atom. The number of hydrogen-bond donors (Lipinski definition) is 1. The van der Waals surface area contributed by atoms with Gasteiger partial charge in [0.05, 0.1) is 19.9 Å². The van der Waals surface area contributed by atoms with Crippen LogP contribution in [0.4, 0.5) is 11.4 Å². The van der Waals surface area contributed by atoms with Gasteiger partial charge in [-0.3, -0.25) is 9.59 Å². The first-order chi connectivity index (χ1) is 13.5. The van der Waals surface area contributed by atoms with Crippen molar-refractivity contribution < 1.29 is 19.1 Å². The molecular formula is C20H22ClN3O4. The highest BCUT2D eigenvalue weighted by molar-refractivity contribution is 6.39. The monoisotopic (exact) mass is 403 g/mol. The maximum atomic E-state index is 12.5. The molecule has 3 rings (SSSR count). The number of rotatable bonds is 4. The van der Waals surface area contributed by atoms with Crippen LogP contribution in [-0.2, 0) is 9.59 Å². The predicted molar refractivity (Wildman–Crippen MR) is 108 cm³/mol. The average Bonchev–Trinajstić information content (AvgIpc) is 2.73. The molecule has 1 N–H and O–H groups in total. The van der Waals surface area contributed by atoms with Gasteiger partial charge in [0, 0.05) is 43.0 Å². The fourth-order valence-electron chi connectivity index (χ4n) is 3.06. The molecule has 1 heterocycles. The Kier molecular flexibility index (Phi) is 6.26. The van der Waals surface area contributed by atoms with Crippen molar-refractivity contribution in [3.63, 3.8) is 0 Å². The minimum absolute atomic E-state index is 0.416. The fraction of sp³-hybridized carbons (Fsp3) is 0.300. The van der Waals surface area contributed by atoms with Gasteiger partial charge >= 0.3 is 11.8 Å². The highest BCUT2D eigenvalue weighted by atomic mass is 35.5. The van der Waals surface area contributed by atoms with E-state index >= 15 is 0 Å². The van der Waals surface area contributed by atoms with Gasteiger partial charge in [-0.2, -0.15) is 0 Å². The van der Waals surface area contributed by atoms with E-state index in [1.54, 1.807) is 30.2 Å². The Balaban J connectivity index is 1.60. The van der Waals surface area contributed by atoms with E-state index in [9.17, 15) is 9.59 Å². The van der Waals surface area contributed by atoms with Crippen molar-refractivity contribution in [1.82, 2.24) is 4.90 Å². The number of carbonyl (C=O) groups excluding carboxylic acids is 2. The summed E-state index contributed by atoms with van der Waals surface area (Å²) in [5.41, 5.74) is 1.42. The summed E-state index contributed by atoms with van der Waals surface area (Å²) in [4.78, 5) is 28.6. The second-order valence-electron chi connectivity index (χ2n) is 6.28. The second kappa shape index (κ2) is 8.84. The number of amides is 2. The van der Waals surface area contributed by atoms with Crippen molar-refractivity contribution in [2.75, 3.05) is 50.6 Å². The molecule has 2 aromatic rings. The van der Waals surface area contributed by atoms with Crippen LogP contribution in [-0.4, -0.2) is 57.1 Å². The lowest BCUT2D eigenvalue weighted by Gasteiger charge is -2.35. The van der Waals surface area contributed by atoms with Crippen molar-refractivity contribution in [2.45, 2.75) is 0 Å². The van der Waals surface area contributed by atoms with Gasteiger partial charge in [-0.1, -0.05) is 17.7 Å². The first-order valence-corrected chi connectivity index (χ1v) is 9.22. The number of benzene rings is 2. The molecule has 148 valence electrons. The van der Waals surface area contributed by atoms with Gasteiger partial charge in [-0.25, -0.2) is 0 Å². The van der Waals surface area contributed by atoms with Crippen LogP contribution in [0.1, 0.15) is 0 Å². The maximum Gasteiger partial charge on any atom is 0.314 e. The summed E-state index contributed by atoms with van der Waals surface area (Å²) < 4.78 is 10.4. The van der Waals surface area contributed by atoms with E-state index in [1.807, 2.05) is 24.3 Å². The quantitative estimate of drug-likeness (QED) is 0.795. The van der Waals surface area contributed by atoms with Gasteiger partial charge in [0.25, 0.3) is 0 Å². The number of halogens is 1. The topological polar surface area (TPSA) is 71.1 Å². The van der Waals surface area contributed by atoms with Crippen LogP contribution in [0.2, 0.25) is 5.02 Å². The molecule has 0 aromatic heterocycles. The van der Waals surface area contributed by atoms with Crippen LogP contribution in [0.25, 0.3) is 0 Å². The number of anilines is 2. The lowest BCUT2D eigenvalue weighted by atomic mass is 10.2. The zero-order chi connectivity index (χ0) is 20.1. The molecule has 1 aliphatic heterocycles. The van der Waals surface area contributed by atoms with Crippen molar-refractivity contribution in [2.24, 2.45) is 0 Å². The summed E-state index contributed by atoms with van der Waals surface area (Å²) in [6, 6.07) is 12.6. The second-order valence-corrected chi connectivity index (χ2v) is 6.72. The van der Waals surface area contributed by atoms with Crippen molar-refractivity contribution in [1.29, 1.82) is 0 Å². The number of nitrogens with one attached hydrogen (secondary N) is 1. The minimum Gasteiger partial charge on any atom is -0.497 e. The number of hydrogen-bond acceptors (Lipinski definition) is 5. The Hall–Kier alpha value is -2.93. The molecule has 0 radical (unpaired) electrons. The van der Waals surface area contributed by atoms with E-state index in [0.717, 1.165) is 5.69 Å². The molecule has 0 bridgehead atoms. The number of ether oxygens (including phenoxy) is 2. The van der Waals surface area contributed by atoms with E-state index in [4.69, 9.17) is 21.1 Å². The molecule has 7 nitrogen and oxygen atoms in total. The Morgan fingerprint density at radius 3 is 2.39 bits per heavy atom. The number of carbonyl (C=O) groups is 2. The highest BCUT2D eigenvalue weighted by Gasteiger charge is 2.27. The SMILES string of the molecule is COc1ccc(NC(=O)C(=O)N2CCN(c3cccc(Cl)c3)CC2)c(OC)c1. The molecule has 8 heteroatoms. The molecule has 0 spiro atoms. The molecule has 0 aliphatic carbocycles. The third-order valence-electron chi connectivity index (χ3n) is 4.59. The largest absolute Gasteiger partial charge is 0.497 e. The Morgan fingerprint density at radius 2 is 1.75 bits per heavy atom. The van der Waals surface area contributed by atoms with Crippen LogP contribution in [0.3, 0.4) is 0 Å². The molecule has 28 heavy (non-hydrogen) atoms. The van der Waals surface area contributed by atoms with Crippen molar-refractivity contribution in [3.8, 4) is 11.5 Å². The molecule has 1 saturated heterocycles. The van der Waals surface area contributed by atoms with E-state index in [-0.39, 0.29) is 0 Å². The lowest BCUT2D eigenvalue weighted by Crippen LogP contribution is -2.51. The predicted octanol–water partition coefficient (Wildman–Crippen LogP) is 2.64. The van der Waals surface area contributed by atoms with Gasteiger partial charge in [-0.05, 0) is 30.3 Å². The molecule has 0 unspecified atom stereocenters. The number of piperazine rings is 1. The number of methoxy groups -OCH3 is 2. The lowest BCUT2D eigenvalue weighted by molar-refractivity contribution is -0.143. The molecule has 0 atom stereocenters. The maximum absolute atomic E-state index is 12.5. The zero-order valence-corrected chi connectivity index (χ0v) is 16.5. The molecule has 1 fully saturated rings. The smallest absolute Gasteiger partial charge is 0.314 e. The summed E-state index contributed by atoms with van der Waals surface area (Å²) in [7, 11) is 3.03. The summed E-state index contributed by atoms with van der Waals surface area (Å²) >= 11 is 6.04. The van der Waals surface area contributed by atoms with Crippen LogP contribution in [0.15, 0.2) is 42.5 Å². The third kappa shape index (κ3) is 4.48. The summed E-state index contributed by atoms with van der Waals surface area (Å²) in [6.07, 6.45) is 0. The van der Waals surface area contributed by atoms with Gasteiger partial charge in [0.15, 0.2) is 0 Å². The van der Waals surface area contributed by atoms with Crippen molar-refractivity contribution in [3.05, 3.63) is 47.5 Å². The van der Waals surface area contributed by atoms with Gasteiger partial charge in [0.2, 0.25) is 0 Å². The van der Waals surface area contributed by atoms with Crippen LogP contribution < -0.4 is 19.7 Å². The number of nitrogens with zero attached hydrogens (tertiary/aromatic N) is 2. The van der Waals surface area contributed by atoms with Crippen LogP contribution in [0, 0.1) is 0 Å². The molecular weight excluding hydrogens is 382 g/mol. The minimum atomic E-state index is -0.695. The van der Waals surface area contributed by atoms with Crippen LogP contribution >= 0.6 is 11.6 Å². The van der Waals surface area contributed by atoms with Crippen molar-refractivity contribution >= 4 is 34.8 Å². The van der Waals surface area contributed by atoms with E-state index in [0.29, 0.717) is 48.4 Å². The van der Waals surface area contributed by atoms with E-state index < -0.39 is 11.8 Å². The summed E-state index contributed by atoms with van der Waals surface area (Å²) in [6.45, 7) is 2.17. The third-order valence-corrected chi connectivity index (χ3v) is 4.83.